The third-order valence-electron chi connectivity index (χ3n) is 3.22. The van der Waals surface area contributed by atoms with E-state index >= 15 is 0 Å². The molecule has 0 atom stereocenters. The molecule has 1 rings (SSSR count). The van der Waals surface area contributed by atoms with Gasteiger partial charge in [-0.05, 0) is 52.8 Å². The zero-order chi connectivity index (χ0) is 13.9. The van der Waals surface area contributed by atoms with Crippen LogP contribution in [0.4, 0.5) is 5.69 Å². The standard InChI is InChI=1S/C15H24N2O/c1-10-7-11(2)14(12(3)8-10)17-13(18)9-15(4,5)16-6/h7-8,16H,9H2,1-6H3,(H,17,18). The Labute approximate surface area is 110 Å². The van der Waals surface area contributed by atoms with E-state index in [1.165, 1.54) is 5.56 Å². The lowest BCUT2D eigenvalue weighted by molar-refractivity contribution is -0.117. The Balaban J connectivity index is 2.83. The van der Waals surface area contributed by atoms with E-state index in [0.717, 1.165) is 16.8 Å². The molecule has 0 aliphatic heterocycles. The molecular weight excluding hydrogens is 224 g/mol. The molecule has 18 heavy (non-hydrogen) atoms. The van der Waals surface area contributed by atoms with Crippen molar-refractivity contribution >= 4 is 11.6 Å². The summed E-state index contributed by atoms with van der Waals surface area (Å²) >= 11 is 0. The van der Waals surface area contributed by atoms with Crippen molar-refractivity contribution in [2.24, 2.45) is 0 Å². The number of hydrogen-bond acceptors (Lipinski definition) is 2. The summed E-state index contributed by atoms with van der Waals surface area (Å²) in [4.78, 5) is 12.0. The minimum Gasteiger partial charge on any atom is -0.326 e. The summed E-state index contributed by atoms with van der Waals surface area (Å²) in [7, 11) is 1.87. The predicted octanol–water partition coefficient (Wildman–Crippen LogP) is 2.94. The number of hydrogen-bond donors (Lipinski definition) is 2. The SMILES string of the molecule is CNC(C)(C)CC(=O)Nc1c(C)cc(C)cc1C. The molecular formula is C15H24N2O. The molecule has 0 saturated carbocycles. The molecule has 0 aliphatic rings. The Morgan fingerprint density at radius 3 is 2.11 bits per heavy atom. The van der Waals surface area contributed by atoms with Gasteiger partial charge in [0.15, 0.2) is 0 Å². The second-order valence-electron chi connectivity index (χ2n) is 5.63. The van der Waals surface area contributed by atoms with Gasteiger partial charge in [0.25, 0.3) is 0 Å². The largest absolute Gasteiger partial charge is 0.326 e. The normalized spacial score (nSPS) is 11.4. The van der Waals surface area contributed by atoms with Crippen LogP contribution in [-0.2, 0) is 4.79 Å². The van der Waals surface area contributed by atoms with E-state index in [4.69, 9.17) is 0 Å². The van der Waals surface area contributed by atoms with Gasteiger partial charge in [0.2, 0.25) is 5.91 Å². The van der Waals surface area contributed by atoms with Crippen molar-refractivity contribution in [1.29, 1.82) is 0 Å². The molecule has 0 spiro atoms. The Kier molecular flexibility index (Phi) is 4.52. The highest BCUT2D eigenvalue weighted by atomic mass is 16.1. The predicted molar refractivity (Wildman–Crippen MR) is 77.0 cm³/mol. The molecule has 0 saturated heterocycles. The highest BCUT2D eigenvalue weighted by molar-refractivity contribution is 5.93. The zero-order valence-electron chi connectivity index (χ0n) is 12.3. The van der Waals surface area contributed by atoms with Gasteiger partial charge in [0.1, 0.15) is 0 Å². The maximum absolute atomic E-state index is 12.0. The lowest BCUT2D eigenvalue weighted by Gasteiger charge is -2.23. The lowest BCUT2D eigenvalue weighted by Crippen LogP contribution is -2.39. The van der Waals surface area contributed by atoms with Gasteiger partial charge < -0.3 is 10.6 Å². The smallest absolute Gasteiger partial charge is 0.226 e. The molecule has 100 valence electrons. The summed E-state index contributed by atoms with van der Waals surface area (Å²) in [5, 5.41) is 6.15. The van der Waals surface area contributed by atoms with E-state index < -0.39 is 0 Å². The topological polar surface area (TPSA) is 41.1 Å². The van der Waals surface area contributed by atoms with Crippen LogP contribution in [0.1, 0.15) is 37.0 Å². The van der Waals surface area contributed by atoms with Crippen molar-refractivity contribution in [3.8, 4) is 0 Å². The van der Waals surface area contributed by atoms with Gasteiger partial charge in [-0.1, -0.05) is 17.7 Å². The monoisotopic (exact) mass is 248 g/mol. The van der Waals surface area contributed by atoms with Gasteiger partial charge >= 0.3 is 0 Å². The van der Waals surface area contributed by atoms with Crippen molar-refractivity contribution in [1.82, 2.24) is 5.32 Å². The molecule has 1 aromatic rings. The number of nitrogens with one attached hydrogen (secondary N) is 2. The minimum absolute atomic E-state index is 0.0457. The second kappa shape index (κ2) is 5.53. The molecule has 2 N–H and O–H groups in total. The first kappa shape index (κ1) is 14.7. The summed E-state index contributed by atoms with van der Waals surface area (Å²) in [6, 6.07) is 4.18. The Morgan fingerprint density at radius 2 is 1.67 bits per heavy atom. The van der Waals surface area contributed by atoms with Gasteiger partial charge in [-0.3, -0.25) is 4.79 Å². The van der Waals surface area contributed by atoms with E-state index in [-0.39, 0.29) is 11.4 Å². The summed E-state index contributed by atoms with van der Waals surface area (Å²) in [5.74, 6) is 0.0457. The van der Waals surface area contributed by atoms with Crippen LogP contribution in [0.25, 0.3) is 0 Å². The number of carbonyl (C=O) groups is 1. The van der Waals surface area contributed by atoms with Crippen molar-refractivity contribution in [3.63, 3.8) is 0 Å². The van der Waals surface area contributed by atoms with Crippen LogP contribution in [0, 0.1) is 20.8 Å². The average molecular weight is 248 g/mol. The molecule has 0 radical (unpaired) electrons. The minimum atomic E-state index is -0.184. The lowest BCUT2D eigenvalue weighted by atomic mass is 10.00. The molecule has 3 nitrogen and oxygen atoms in total. The first-order chi connectivity index (χ1) is 8.25. The van der Waals surface area contributed by atoms with Gasteiger partial charge in [-0.15, -0.1) is 0 Å². The average Bonchev–Trinajstić information content (AvgIpc) is 2.22. The molecule has 1 aromatic carbocycles. The van der Waals surface area contributed by atoms with Crippen molar-refractivity contribution in [3.05, 3.63) is 28.8 Å². The van der Waals surface area contributed by atoms with E-state index in [1.54, 1.807) is 0 Å². The third-order valence-corrected chi connectivity index (χ3v) is 3.22. The molecule has 0 unspecified atom stereocenters. The highest BCUT2D eigenvalue weighted by Gasteiger charge is 2.20. The van der Waals surface area contributed by atoms with Crippen molar-refractivity contribution < 1.29 is 4.79 Å². The van der Waals surface area contributed by atoms with E-state index in [9.17, 15) is 4.79 Å². The fourth-order valence-electron chi connectivity index (χ4n) is 2.05. The molecule has 1 amide bonds. The number of anilines is 1. The third kappa shape index (κ3) is 3.84. The molecule has 0 bridgehead atoms. The molecule has 3 heteroatoms. The quantitative estimate of drug-likeness (QED) is 0.860. The van der Waals surface area contributed by atoms with Crippen molar-refractivity contribution in [2.75, 3.05) is 12.4 Å². The van der Waals surface area contributed by atoms with E-state index in [0.29, 0.717) is 6.42 Å². The van der Waals surface area contributed by atoms with Gasteiger partial charge in [0, 0.05) is 17.6 Å². The number of carbonyl (C=O) groups excluding carboxylic acids is 1. The number of rotatable bonds is 4. The second-order valence-corrected chi connectivity index (χ2v) is 5.63. The van der Waals surface area contributed by atoms with Crippen LogP contribution >= 0.6 is 0 Å². The number of amides is 1. The van der Waals surface area contributed by atoms with Crippen LogP contribution in [0.5, 0.6) is 0 Å². The maximum Gasteiger partial charge on any atom is 0.226 e. The van der Waals surface area contributed by atoms with Crippen LogP contribution in [0.15, 0.2) is 12.1 Å². The van der Waals surface area contributed by atoms with Crippen LogP contribution in [0.3, 0.4) is 0 Å². The van der Waals surface area contributed by atoms with Crippen LogP contribution < -0.4 is 10.6 Å². The molecule has 0 fully saturated rings. The van der Waals surface area contributed by atoms with Crippen LogP contribution in [0.2, 0.25) is 0 Å². The van der Waals surface area contributed by atoms with Crippen molar-refractivity contribution in [2.45, 2.75) is 46.6 Å². The summed E-state index contributed by atoms with van der Waals surface area (Å²) in [6.45, 7) is 10.1. The summed E-state index contributed by atoms with van der Waals surface area (Å²) < 4.78 is 0. The summed E-state index contributed by atoms with van der Waals surface area (Å²) in [6.07, 6.45) is 0.455. The molecule has 0 heterocycles. The van der Waals surface area contributed by atoms with E-state index in [1.807, 2.05) is 34.7 Å². The Bertz CT molecular complexity index is 427. The molecule has 0 aromatic heterocycles. The summed E-state index contributed by atoms with van der Waals surface area (Å²) in [5.41, 5.74) is 4.21. The first-order valence-electron chi connectivity index (χ1n) is 6.32. The fraction of sp³-hybridized carbons (Fsp3) is 0.533. The van der Waals surface area contributed by atoms with Crippen LogP contribution in [-0.4, -0.2) is 18.5 Å². The first-order valence-corrected chi connectivity index (χ1v) is 6.32. The fourth-order valence-corrected chi connectivity index (χ4v) is 2.05. The maximum atomic E-state index is 12.0. The number of benzene rings is 1. The van der Waals surface area contributed by atoms with Gasteiger partial charge in [0.05, 0.1) is 0 Å². The van der Waals surface area contributed by atoms with E-state index in [2.05, 4.69) is 29.7 Å². The number of aryl methyl sites for hydroxylation is 3. The molecule has 0 aliphatic carbocycles. The Hall–Kier alpha value is -1.35. The Morgan fingerprint density at radius 1 is 1.17 bits per heavy atom. The highest BCUT2D eigenvalue weighted by Crippen LogP contribution is 2.22. The zero-order valence-corrected chi connectivity index (χ0v) is 12.3. The van der Waals surface area contributed by atoms with Gasteiger partial charge in [-0.25, -0.2) is 0 Å². The van der Waals surface area contributed by atoms with Gasteiger partial charge in [-0.2, -0.15) is 0 Å².